The van der Waals surface area contributed by atoms with Crippen LogP contribution in [0.3, 0.4) is 0 Å². The zero-order valence-electron chi connectivity index (χ0n) is 11.9. The van der Waals surface area contributed by atoms with Crippen molar-refractivity contribution in [3.63, 3.8) is 0 Å². The van der Waals surface area contributed by atoms with E-state index in [4.69, 9.17) is 0 Å². The first kappa shape index (κ1) is 16.1. The molecule has 0 fully saturated rings. The molecular formula is C16H9F3N2O2S. The molecule has 0 unspecified atom stereocenters. The van der Waals surface area contributed by atoms with Gasteiger partial charge in [0, 0.05) is 12.1 Å². The third-order valence-electron chi connectivity index (χ3n) is 3.23. The van der Waals surface area contributed by atoms with Crippen LogP contribution in [0.2, 0.25) is 0 Å². The number of benzene rings is 2. The third kappa shape index (κ3) is 3.43. The van der Waals surface area contributed by atoms with Gasteiger partial charge in [0.05, 0.1) is 20.7 Å². The van der Waals surface area contributed by atoms with E-state index in [1.165, 1.54) is 35.6 Å². The number of alkyl halides is 3. The van der Waals surface area contributed by atoms with E-state index in [1.807, 2.05) is 0 Å². The van der Waals surface area contributed by atoms with E-state index in [0.29, 0.717) is 16.1 Å². The maximum absolute atomic E-state index is 12.7. The Bertz CT molecular complexity index is 948. The first-order valence-corrected chi connectivity index (χ1v) is 7.55. The molecule has 0 bridgehead atoms. The summed E-state index contributed by atoms with van der Waals surface area (Å²) in [5.74, 6) is 0. The third-order valence-corrected chi connectivity index (χ3v) is 4.23. The van der Waals surface area contributed by atoms with Crippen molar-refractivity contribution in [3.8, 4) is 0 Å². The smallest absolute Gasteiger partial charge is 0.258 e. The van der Waals surface area contributed by atoms with Crippen molar-refractivity contribution in [1.29, 1.82) is 0 Å². The lowest BCUT2D eigenvalue weighted by Gasteiger charge is -2.06. The molecule has 0 saturated heterocycles. The number of hydrogen-bond donors (Lipinski definition) is 0. The molecule has 0 aliphatic carbocycles. The Kier molecular flexibility index (Phi) is 4.06. The minimum atomic E-state index is -4.39. The fraction of sp³-hybridized carbons (Fsp3) is 0.0625. The number of halogens is 3. The second kappa shape index (κ2) is 6.04. The van der Waals surface area contributed by atoms with Gasteiger partial charge in [0.15, 0.2) is 0 Å². The molecule has 0 aliphatic heterocycles. The maximum atomic E-state index is 12.7. The number of aromatic nitrogens is 1. The summed E-state index contributed by atoms with van der Waals surface area (Å²) >= 11 is 1.30. The van der Waals surface area contributed by atoms with Gasteiger partial charge < -0.3 is 0 Å². The van der Waals surface area contributed by atoms with Crippen LogP contribution in [0.15, 0.2) is 42.5 Å². The number of non-ortho nitro benzene ring substituents is 1. The van der Waals surface area contributed by atoms with Crippen LogP contribution in [0.4, 0.5) is 18.9 Å². The van der Waals surface area contributed by atoms with Crippen LogP contribution in [-0.4, -0.2) is 9.91 Å². The molecule has 2 aromatic carbocycles. The largest absolute Gasteiger partial charge is 0.416 e. The Labute approximate surface area is 138 Å². The van der Waals surface area contributed by atoms with Gasteiger partial charge in [-0.3, -0.25) is 10.1 Å². The van der Waals surface area contributed by atoms with E-state index >= 15 is 0 Å². The lowest BCUT2D eigenvalue weighted by molar-refractivity contribution is -0.384. The first-order valence-electron chi connectivity index (χ1n) is 6.73. The molecular weight excluding hydrogens is 341 g/mol. The Morgan fingerprint density at radius 1 is 1.12 bits per heavy atom. The summed E-state index contributed by atoms with van der Waals surface area (Å²) in [6.07, 6.45) is -1.27. The van der Waals surface area contributed by atoms with Crippen LogP contribution in [0.25, 0.3) is 22.4 Å². The van der Waals surface area contributed by atoms with Gasteiger partial charge in [0.25, 0.3) is 5.69 Å². The summed E-state index contributed by atoms with van der Waals surface area (Å²) in [5, 5.41) is 11.3. The van der Waals surface area contributed by atoms with Gasteiger partial charge in [0.2, 0.25) is 0 Å². The molecule has 24 heavy (non-hydrogen) atoms. The molecule has 1 aromatic heterocycles. The lowest BCUT2D eigenvalue weighted by Crippen LogP contribution is -2.04. The summed E-state index contributed by atoms with van der Waals surface area (Å²) in [5.41, 5.74) is 0.110. The second-order valence-corrected chi connectivity index (χ2v) is 5.98. The molecule has 0 aliphatic rings. The van der Waals surface area contributed by atoms with Crippen molar-refractivity contribution in [2.75, 3.05) is 0 Å². The van der Waals surface area contributed by atoms with Gasteiger partial charge in [-0.25, -0.2) is 4.98 Å². The highest BCUT2D eigenvalue weighted by Gasteiger charge is 2.30. The van der Waals surface area contributed by atoms with E-state index in [0.717, 1.165) is 16.8 Å². The topological polar surface area (TPSA) is 56.0 Å². The summed E-state index contributed by atoms with van der Waals surface area (Å²) in [4.78, 5) is 14.5. The van der Waals surface area contributed by atoms with Crippen molar-refractivity contribution in [2.45, 2.75) is 6.18 Å². The number of nitro groups is 1. The zero-order valence-corrected chi connectivity index (χ0v) is 12.8. The predicted octanol–water partition coefficient (Wildman–Crippen LogP) is 5.39. The van der Waals surface area contributed by atoms with Crippen molar-refractivity contribution < 1.29 is 18.1 Å². The van der Waals surface area contributed by atoms with Crippen molar-refractivity contribution in [2.24, 2.45) is 0 Å². The van der Waals surface area contributed by atoms with E-state index in [-0.39, 0.29) is 5.69 Å². The van der Waals surface area contributed by atoms with Gasteiger partial charge in [-0.05, 0) is 29.8 Å². The lowest BCUT2D eigenvalue weighted by atomic mass is 10.1. The molecule has 122 valence electrons. The summed E-state index contributed by atoms with van der Waals surface area (Å²) in [6, 6.07) is 9.32. The molecule has 0 amide bonds. The van der Waals surface area contributed by atoms with Crippen molar-refractivity contribution in [1.82, 2.24) is 4.98 Å². The van der Waals surface area contributed by atoms with Crippen LogP contribution in [0, 0.1) is 10.1 Å². The van der Waals surface area contributed by atoms with Crippen LogP contribution < -0.4 is 0 Å². The number of rotatable bonds is 3. The minimum absolute atomic E-state index is 0.0544. The van der Waals surface area contributed by atoms with Crippen LogP contribution in [0.5, 0.6) is 0 Å². The highest BCUT2D eigenvalue weighted by Crippen LogP contribution is 2.30. The van der Waals surface area contributed by atoms with E-state index in [1.54, 1.807) is 18.2 Å². The highest BCUT2D eigenvalue weighted by molar-refractivity contribution is 7.19. The number of thiazole rings is 1. The Balaban J connectivity index is 1.89. The molecule has 0 spiro atoms. The second-order valence-electron chi connectivity index (χ2n) is 4.92. The fourth-order valence-corrected chi connectivity index (χ4v) is 2.96. The van der Waals surface area contributed by atoms with E-state index in [2.05, 4.69) is 4.98 Å². The Morgan fingerprint density at radius 3 is 2.62 bits per heavy atom. The van der Waals surface area contributed by atoms with Gasteiger partial charge in [0.1, 0.15) is 5.01 Å². The van der Waals surface area contributed by atoms with Gasteiger partial charge in [-0.1, -0.05) is 18.2 Å². The molecule has 3 aromatic rings. The average molecular weight is 350 g/mol. The number of nitro benzene ring substituents is 1. The molecule has 8 heteroatoms. The number of hydrogen-bond acceptors (Lipinski definition) is 4. The molecule has 0 N–H and O–H groups in total. The molecule has 4 nitrogen and oxygen atoms in total. The Hall–Kier alpha value is -2.74. The van der Waals surface area contributed by atoms with E-state index in [9.17, 15) is 23.3 Å². The summed E-state index contributed by atoms with van der Waals surface area (Å²) in [6.45, 7) is 0. The average Bonchev–Trinajstić information content (AvgIpc) is 2.94. The van der Waals surface area contributed by atoms with Crippen molar-refractivity contribution in [3.05, 3.63) is 68.7 Å². The molecule has 1 heterocycles. The Morgan fingerprint density at radius 2 is 1.92 bits per heavy atom. The molecule has 0 atom stereocenters. The van der Waals surface area contributed by atoms with Crippen molar-refractivity contribution >= 4 is 39.4 Å². The van der Waals surface area contributed by atoms with Crippen LogP contribution in [0.1, 0.15) is 16.1 Å². The van der Waals surface area contributed by atoms with E-state index < -0.39 is 16.7 Å². The monoisotopic (exact) mass is 350 g/mol. The quantitative estimate of drug-likeness (QED) is 0.470. The minimum Gasteiger partial charge on any atom is -0.258 e. The first-order chi connectivity index (χ1) is 11.3. The molecule has 0 saturated carbocycles. The highest BCUT2D eigenvalue weighted by atomic mass is 32.1. The molecule has 3 rings (SSSR count). The zero-order chi connectivity index (χ0) is 17.3. The van der Waals surface area contributed by atoms with Crippen LogP contribution >= 0.6 is 11.3 Å². The fourth-order valence-electron chi connectivity index (χ4n) is 2.10. The normalized spacial score (nSPS) is 12.1. The standard InChI is InChI=1S/C16H9F3N2O2S/c17-16(18,19)11-3-1-2-10(8-11)4-7-15-20-13-9-12(21(22)23)5-6-14(13)24-15/h1-9H. The summed E-state index contributed by atoms with van der Waals surface area (Å²) in [7, 11) is 0. The predicted molar refractivity (Wildman–Crippen MR) is 86.6 cm³/mol. The summed E-state index contributed by atoms with van der Waals surface area (Å²) < 4.78 is 38.8. The van der Waals surface area contributed by atoms with Gasteiger partial charge in [-0.15, -0.1) is 11.3 Å². The van der Waals surface area contributed by atoms with Gasteiger partial charge in [-0.2, -0.15) is 13.2 Å². The maximum Gasteiger partial charge on any atom is 0.416 e. The van der Waals surface area contributed by atoms with Crippen LogP contribution in [-0.2, 0) is 6.18 Å². The number of fused-ring (bicyclic) bond motifs is 1. The SMILES string of the molecule is O=[N+]([O-])c1ccc2sc(C=Cc3cccc(C(F)(F)F)c3)nc2c1. The number of nitrogens with zero attached hydrogens (tertiary/aromatic N) is 2. The molecule has 0 radical (unpaired) electrons. The van der Waals surface area contributed by atoms with Gasteiger partial charge >= 0.3 is 6.18 Å².